The summed E-state index contributed by atoms with van der Waals surface area (Å²) in [5, 5.41) is 10.6. The largest absolute Gasteiger partial charge is 0.472 e. The molecule has 0 aliphatic heterocycles. The van der Waals surface area contributed by atoms with E-state index in [2.05, 4.69) is 101 Å². The molecule has 0 spiro atoms. The number of phosphoric acid groups is 2. The summed E-state index contributed by atoms with van der Waals surface area (Å²) < 4.78 is 68.6. The van der Waals surface area contributed by atoms with Crippen molar-refractivity contribution in [1.29, 1.82) is 0 Å². The Hall–Kier alpha value is -3.50. The molecule has 5 unspecified atom stereocenters. The third-order valence-electron chi connectivity index (χ3n) is 17.2. The Bertz CT molecular complexity index is 2180. The highest BCUT2D eigenvalue weighted by Crippen LogP contribution is 2.45. The number of aliphatic hydroxyl groups is 1. The van der Waals surface area contributed by atoms with E-state index in [9.17, 15) is 43.2 Å². The van der Waals surface area contributed by atoms with Crippen molar-refractivity contribution in [2.45, 2.75) is 380 Å². The van der Waals surface area contributed by atoms with Crippen LogP contribution in [0.2, 0.25) is 0 Å². The molecule has 0 bridgehead atoms. The molecule has 0 radical (unpaired) electrons. The summed E-state index contributed by atoms with van der Waals surface area (Å²) in [5.41, 5.74) is 0. The second-order valence-electron chi connectivity index (χ2n) is 27.0. The molecule has 0 saturated carbocycles. The van der Waals surface area contributed by atoms with Gasteiger partial charge in [0, 0.05) is 25.7 Å². The molecule has 0 fully saturated rings. The van der Waals surface area contributed by atoms with Gasteiger partial charge in [-0.2, -0.15) is 0 Å². The van der Waals surface area contributed by atoms with Gasteiger partial charge in [-0.25, -0.2) is 9.13 Å². The smallest absolute Gasteiger partial charge is 0.462 e. The number of esters is 4. The van der Waals surface area contributed by atoms with Crippen molar-refractivity contribution in [3.8, 4) is 0 Å². The molecule has 0 aliphatic rings. The highest BCUT2D eigenvalue weighted by atomic mass is 31.2. The summed E-state index contributed by atoms with van der Waals surface area (Å²) in [4.78, 5) is 73.0. The van der Waals surface area contributed by atoms with Crippen molar-refractivity contribution in [2.24, 2.45) is 0 Å². The molecule has 3 N–H and O–H groups in total. The molecular formula is C81H146O17P2. The second kappa shape index (κ2) is 73.8. The van der Waals surface area contributed by atoms with Crippen LogP contribution in [0.4, 0.5) is 0 Å². The molecule has 5 atom stereocenters. The Kier molecular flexibility index (Phi) is 71.2. The Morgan fingerprint density at radius 3 is 0.820 bits per heavy atom. The van der Waals surface area contributed by atoms with E-state index in [0.29, 0.717) is 25.7 Å². The van der Waals surface area contributed by atoms with Crippen molar-refractivity contribution >= 4 is 39.5 Å². The molecular weight excluding hydrogens is 1310 g/mol. The SMILES string of the molecule is CC/C=C\C/C=C\C/C=C\CCCCCCCC(=O)OCC(COP(=O)(O)OCC(O)COP(=O)(O)OCC(COC(=O)CCCCCCCC/C=C\C/C=C\C/C=C\CCCCC)OC(=O)CCCCCCCCCCCCCCC)OC(=O)CCCCCCCCCCCCCCC. The average Bonchev–Trinajstić information content (AvgIpc) is 0.936. The van der Waals surface area contributed by atoms with Gasteiger partial charge in [0.15, 0.2) is 12.2 Å². The maximum atomic E-state index is 13.1. The van der Waals surface area contributed by atoms with E-state index in [0.717, 1.165) is 161 Å². The summed E-state index contributed by atoms with van der Waals surface area (Å²) in [6, 6.07) is 0. The van der Waals surface area contributed by atoms with Gasteiger partial charge in [-0.3, -0.25) is 37.3 Å². The monoisotopic (exact) mass is 1450 g/mol. The number of phosphoric ester groups is 2. The molecule has 0 amide bonds. The van der Waals surface area contributed by atoms with Gasteiger partial charge in [0.1, 0.15) is 19.3 Å². The van der Waals surface area contributed by atoms with Crippen molar-refractivity contribution < 1.29 is 80.2 Å². The maximum absolute atomic E-state index is 13.1. The summed E-state index contributed by atoms with van der Waals surface area (Å²) >= 11 is 0. The third-order valence-corrected chi connectivity index (χ3v) is 19.1. The minimum atomic E-state index is -4.97. The number of allylic oxidation sites excluding steroid dienone is 12. The van der Waals surface area contributed by atoms with E-state index in [1.54, 1.807) is 0 Å². The molecule has 0 aromatic carbocycles. The quantitative estimate of drug-likeness (QED) is 0.0169. The van der Waals surface area contributed by atoms with Crippen LogP contribution in [0.25, 0.3) is 0 Å². The van der Waals surface area contributed by atoms with Gasteiger partial charge in [0.25, 0.3) is 0 Å². The highest BCUT2D eigenvalue weighted by Gasteiger charge is 2.30. The standard InChI is InChI=1S/C81H146O17P2/c1-5-9-13-17-21-25-29-33-35-36-37-38-40-44-46-50-54-58-62-66-79(84)92-72-77(98-81(86)68-64-60-56-52-48-42-32-28-24-20-16-12-8-4)74-96-100(89,90)94-70-75(82)69-93-99(87,88)95-73-76(97-80(85)67-63-59-55-51-47-41-31-27-23-19-15-11-7-3)71-91-78(83)65-61-57-53-49-45-43-39-34-30-26-22-18-14-10-6-2/h10,14,21-22,25-26,33-35,37-39,75-77,82H,5-9,11-13,15-20,23-24,27-32,36,40-74H2,1-4H3,(H,87,88)(H,89,90)/b14-10-,25-21-,26-22-,35-33-,38-37-,39-34-. The minimum absolute atomic E-state index is 0.0965. The fraction of sp³-hybridized carbons (Fsp3) is 0.802. The van der Waals surface area contributed by atoms with Crippen molar-refractivity contribution in [3.63, 3.8) is 0 Å². The predicted octanol–water partition coefficient (Wildman–Crippen LogP) is 23.2. The number of ether oxygens (including phenoxy) is 4. The Morgan fingerprint density at radius 2 is 0.520 bits per heavy atom. The van der Waals surface area contributed by atoms with Crippen LogP contribution in [0, 0.1) is 0 Å². The predicted molar refractivity (Wildman–Crippen MR) is 409 cm³/mol. The summed E-state index contributed by atoms with van der Waals surface area (Å²) in [6.45, 7) is 4.77. The van der Waals surface area contributed by atoms with Crippen LogP contribution in [-0.4, -0.2) is 96.7 Å². The first-order valence-corrected chi connectivity index (χ1v) is 43.2. The van der Waals surface area contributed by atoms with Crippen LogP contribution in [0.5, 0.6) is 0 Å². The Balaban J connectivity index is 5.31. The zero-order chi connectivity index (χ0) is 73.2. The van der Waals surface area contributed by atoms with E-state index < -0.39 is 97.5 Å². The lowest BCUT2D eigenvalue weighted by atomic mass is 10.0. The molecule has 0 aromatic heterocycles. The van der Waals surface area contributed by atoms with Crippen LogP contribution in [0.1, 0.15) is 362 Å². The maximum Gasteiger partial charge on any atom is 0.472 e. The summed E-state index contributed by atoms with van der Waals surface area (Å²) in [6.07, 6.45) is 74.4. The lowest BCUT2D eigenvalue weighted by Gasteiger charge is -2.21. The zero-order valence-electron chi connectivity index (χ0n) is 63.6. The average molecular weight is 1450 g/mol. The molecule has 17 nitrogen and oxygen atoms in total. The van der Waals surface area contributed by atoms with E-state index in [4.69, 9.17) is 37.0 Å². The molecule has 0 rings (SSSR count). The van der Waals surface area contributed by atoms with E-state index >= 15 is 0 Å². The van der Waals surface area contributed by atoms with Crippen LogP contribution in [-0.2, 0) is 65.4 Å². The van der Waals surface area contributed by atoms with Crippen LogP contribution in [0.15, 0.2) is 72.9 Å². The first kappa shape index (κ1) is 96.5. The Labute approximate surface area is 609 Å². The van der Waals surface area contributed by atoms with Crippen LogP contribution >= 0.6 is 15.6 Å². The second-order valence-corrected chi connectivity index (χ2v) is 29.9. The van der Waals surface area contributed by atoms with Gasteiger partial charge in [-0.05, 0) is 96.3 Å². The number of aliphatic hydroxyl groups excluding tert-OH is 1. The van der Waals surface area contributed by atoms with E-state index in [1.807, 2.05) is 0 Å². The van der Waals surface area contributed by atoms with Gasteiger partial charge < -0.3 is 33.8 Å². The Morgan fingerprint density at radius 1 is 0.290 bits per heavy atom. The molecule has 0 saturated heterocycles. The van der Waals surface area contributed by atoms with Gasteiger partial charge >= 0.3 is 39.5 Å². The highest BCUT2D eigenvalue weighted by molar-refractivity contribution is 7.47. The van der Waals surface area contributed by atoms with E-state index in [-0.39, 0.29) is 25.7 Å². The molecule has 100 heavy (non-hydrogen) atoms. The van der Waals surface area contributed by atoms with Crippen LogP contribution in [0.3, 0.4) is 0 Å². The van der Waals surface area contributed by atoms with Gasteiger partial charge in [0.05, 0.1) is 26.4 Å². The molecule has 0 aromatic rings. The third kappa shape index (κ3) is 72.8. The fourth-order valence-electron chi connectivity index (χ4n) is 11.1. The molecule has 0 aliphatic carbocycles. The fourth-order valence-corrected chi connectivity index (χ4v) is 12.6. The first-order valence-electron chi connectivity index (χ1n) is 40.2. The first-order chi connectivity index (χ1) is 48.7. The number of hydrogen-bond acceptors (Lipinski definition) is 15. The summed E-state index contributed by atoms with van der Waals surface area (Å²) in [7, 11) is -9.94. The molecule has 582 valence electrons. The van der Waals surface area contributed by atoms with Gasteiger partial charge in [-0.15, -0.1) is 0 Å². The van der Waals surface area contributed by atoms with Gasteiger partial charge in [-0.1, -0.05) is 312 Å². The lowest BCUT2D eigenvalue weighted by molar-refractivity contribution is -0.161. The van der Waals surface area contributed by atoms with Crippen LogP contribution < -0.4 is 0 Å². The van der Waals surface area contributed by atoms with Crippen molar-refractivity contribution in [1.82, 2.24) is 0 Å². The van der Waals surface area contributed by atoms with Crippen molar-refractivity contribution in [3.05, 3.63) is 72.9 Å². The zero-order valence-corrected chi connectivity index (χ0v) is 65.4. The van der Waals surface area contributed by atoms with Gasteiger partial charge in [0.2, 0.25) is 0 Å². The van der Waals surface area contributed by atoms with E-state index in [1.165, 1.54) is 122 Å². The number of rotatable bonds is 76. The lowest BCUT2D eigenvalue weighted by Crippen LogP contribution is -2.30. The van der Waals surface area contributed by atoms with Crippen molar-refractivity contribution in [2.75, 3.05) is 39.6 Å². The number of carbonyl (C=O) groups excluding carboxylic acids is 4. The number of carbonyl (C=O) groups is 4. The molecule has 0 heterocycles. The number of hydrogen-bond donors (Lipinski definition) is 3. The summed E-state index contributed by atoms with van der Waals surface area (Å²) in [5.74, 6) is -2.17. The molecule has 19 heteroatoms. The normalized spacial score (nSPS) is 14.3. The topological polar surface area (TPSA) is 237 Å². The number of unbranched alkanes of at least 4 members (excludes halogenated alkanes) is 38. The minimum Gasteiger partial charge on any atom is -0.462 e.